The molecular weight excluding hydrogens is 223 g/mol. The zero-order valence-electron chi connectivity index (χ0n) is 10.0. The highest BCUT2D eigenvalue weighted by Gasteiger charge is 2.19. The zero-order valence-corrected chi connectivity index (χ0v) is 10.0. The van der Waals surface area contributed by atoms with Crippen LogP contribution in [-0.2, 0) is 17.6 Å². The van der Waals surface area contributed by atoms with Crippen LogP contribution in [0.25, 0.3) is 0 Å². The third-order valence-corrected chi connectivity index (χ3v) is 2.98. The SMILES string of the molecule is CCc1c(CC(CC)C(=O)O)ccc(O)c1F. The Balaban J connectivity index is 3.06. The minimum absolute atomic E-state index is 0.298. The Hall–Kier alpha value is -1.58. The number of benzene rings is 1. The number of halogens is 1. The molecule has 0 amide bonds. The van der Waals surface area contributed by atoms with Gasteiger partial charge in [0, 0.05) is 0 Å². The Kier molecular flexibility index (Phi) is 4.49. The van der Waals surface area contributed by atoms with Crippen LogP contribution in [0.1, 0.15) is 31.4 Å². The van der Waals surface area contributed by atoms with E-state index in [4.69, 9.17) is 5.11 Å². The summed E-state index contributed by atoms with van der Waals surface area (Å²) in [5, 5.41) is 18.2. The third kappa shape index (κ3) is 2.96. The lowest BCUT2D eigenvalue weighted by Crippen LogP contribution is -2.16. The van der Waals surface area contributed by atoms with E-state index in [0.29, 0.717) is 30.4 Å². The fourth-order valence-electron chi connectivity index (χ4n) is 1.89. The van der Waals surface area contributed by atoms with E-state index >= 15 is 0 Å². The minimum Gasteiger partial charge on any atom is -0.505 e. The molecule has 0 spiro atoms. The largest absolute Gasteiger partial charge is 0.505 e. The summed E-state index contributed by atoms with van der Waals surface area (Å²) in [4.78, 5) is 10.9. The van der Waals surface area contributed by atoms with Crippen LogP contribution in [0, 0.1) is 11.7 Å². The van der Waals surface area contributed by atoms with E-state index in [2.05, 4.69) is 0 Å². The van der Waals surface area contributed by atoms with Crippen molar-refractivity contribution in [2.75, 3.05) is 0 Å². The molecule has 0 bridgehead atoms. The van der Waals surface area contributed by atoms with Gasteiger partial charge in [-0.05, 0) is 36.5 Å². The molecule has 2 N–H and O–H groups in total. The fraction of sp³-hybridized carbons (Fsp3) is 0.462. The number of phenols is 1. The molecule has 0 saturated carbocycles. The van der Waals surface area contributed by atoms with Crippen molar-refractivity contribution >= 4 is 5.97 Å². The van der Waals surface area contributed by atoms with Crippen molar-refractivity contribution in [3.05, 3.63) is 29.1 Å². The van der Waals surface area contributed by atoms with Crippen LogP contribution < -0.4 is 0 Å². The molecule has 0 aliphatic carbocycles. The first-order chi connectivity index (χ1) is 8.01. The van der Waals surface area contributed by atoms with Gasteiger partial charge in [0.1, 0.15) is 0 Å². The van der Waals surface area contributed by atoms with Crippen LogP contribution in [0.3, 0.4) is 0 Å². The van der Waals surface area contributed by atoms with Crippen molar-refractivity contribution in [1.82, 2.24) is 0 Å². The first-order valence-electron chi connectivity index (χ1n) is 5.73. The smallest absolute Gasteiger partial charge is 0.306 e. The highest BCUT2D eigenvalue weighted by molar-refractivity contribution is 5.70. The van der Waals surface area contributed by atoms with Gasteiger partial charge in [-0.25, -0.2) is 4.39 Å². The highest BCUT2D eigenvalue weighted by Crippen LogP contribution is 2.25. The summed E-state index contributed by atoms with van der Waals surface area (Å²) in [5.74, 6) is -2.40. The second kappa shape index (κ2) is 5.66. The monoisotopic (exact) mass is 240 g/mol. The quantitative estimate of drug-likeness (QED) is 0.832. The van der Waals surface area contributed by atoms with E-state index in [1.165, 1.54) is 6.07 Å². The molecule has 0 aliphatic rings. The molecule has 0 radical (unpaired) electrons. The van der Waals surface area contributed by atoms with Crippen molar-refractivity contribution in [2.24, 2.45) is 5.92 Å². The lowest BCUT2D eigenvalue weighted by molar-refractivity contribution is -0.141. The van der Waals surface area contributed by atoms with E-state index in [9.17, 15) is 14.3 Å². The van der Waals surface area contributed by atoms with Gasteiger partial charge in [0.2, 0.25) is 0 Å². The molecule has 1 rings (SSSR count). The van der Waals surface area contributed by atoms with E-state index in [-0.39, 0.29) is 5.75 Å². The Morgan fingerprint density at radius 2 is 2.06 bits per heavy atom. The first kappa shape index (κ1) is 13.5. The topological polar surface area (TPSA) is 57.5 Å². The summed E-state index contributed by atoms with van der Waals surface area (Å²) in [5.41, 5.74) is 1.07. The molecule has 1 aromatic carbocycles. The number of phenolic OH excluding ortho intramolecular Hbond substituents is 1. The number of aromatic hydroxyl groups is 1. The summed E-state index contributed by atoms with van der Waals surface area (Å²) in [6.45, 7) is 3.57. The first-order valence-corrected chi connectivity index (χ1v) is 5.73. The number of carboxylic acids is 1. The van der Waals surface area contributed by atoms with Crippen molar-refractivity contribution in [2.45, 2.75) is 33.1 Å². The summed E-state index contributed by atoms with van der Waals surface area (Å²) < 4.78 is 13.6. The average molecular weight is 240 g/mol. The van der Waals surface area contributed by atoms with Gasteiger partial charge in [0.15, 0.2) is 11.6 Å². The maximum absolute atomic E-state index is 13.6. The molecule has 4 heteroatoms. The van der Waals surface area contributed by atoms with Gasteiger partial charge in [0.25, 0.3) is 0 Å². The normalized spacial score (nSPS) is 12.4. The van der Waals surface area contributed by atoms with Crippen LogP contribution in [0.2, 0.25) is 0 Å². The zero-order chi connectivity index (χ0) is 13.0. The highest BCUT2D eigenvalue weighted by atomic mass is 19.1. The molecule has 0 aromatic heterocycles. The van der Waals surface area contributed by atoms with Gasteiger partial charge in [-0.3, -0.25) is 4.79 Å². The van der Waals surface area contributed by atoms with Crippen LogP contribution >= 0.6 is 0 Å². The van der Waals surface area contributed by atoms with Crippen molar-refractivity contribution < 1.29 is 19.4 Å². The minimum atomic E-state index is -0.872. The summed E-state index contributed by atoms with van der Waals surface area (Å²) in [6, 6.07) is 2.88. The number of carbonyl (C=O) groups is 1. The van der Waals surface area contributed by atoms with E-state index in [0.717, 1.165) is 0 Å². The summed E-state index contributed by atoms with van der Waals surface area (Å²) in [6.07, 6.45) is 1.23. The molecule has 0 aliphatic heterocycles. The second-order valence-electron chi connectivity index (χ2n) is 4.04. The van der Waals surface area contributed by atoms with Gasteiger partial charge in [0.05, 0.1) is 5.92 Å². The van der Waals surface area contributed by atoms with Crippen LogP contribution in [0.15, 0.2) is 12.1 Å². The summed E-state index contributed by atoms with van der Waals surface area (Å²) >= 11 is 0. The number of hydrogen-bond acceptors (Lipinski definition) is 2. The maximum Gasteiger partial charge on any atom is 0.306 e. The fourth-order valence-corrected chi connectivity index (χ4v) is 1.89. The van der Waals surface area contributed by atoms with Crippen molar-refractivity contribution in [3.63, 3.8) is 0 Å². The Bertz CT molecular complexity index is 415. The van der Waals surface area contributed by atoms with Crippen LogP contribution in [-0.4, -0.2) is 16.2 Å². The average Bonchev–Trinajstić information content (AvgIpc) is 2.30. The Morgan fingerprint density at radius 1 is 1.41 bits per heavy atom. The predicted octanol–water partition coefficient (Wildman–Crippen LogP) is 2.75. The number of aliphatic carboxylic acids is 1. The molecule has 1 aromatic rings. The molecule has 1 unspecified atom stereocenters. The molecule has 1 atom stereocenters. The lowest BCUT2D eigenvalue weighted by atomic mass is 9.92. The molecule has 94 valence electrons. The molecule has 0 saturated heterocycles. The third-order valence-electron chi connectivity index (χ3n) is 2.98. The molecule has 0 heterocycles. The van der Waals surface area contributed by atoms with Crippen molar-refractivity contribution in [1.29, 1.82) is 0 Å². The Morgan fingerprint density at radius 3 is 2.53 bits per heavy atom. The maximum atomic E-state index is 13.6. The molecular formula is C13H17FO3. The van der Waals surface area contributed by atoms with Crippen LogP contribution in [0.5, 0.6) is 5.75 Å². The van der Waals surface area contributed by atoms with Gasteiger partial charge >= 0.3 is 5.97 Å². The number of carboxylic acid groups (broad SMARTS) is 1. The van der Waals surface area contributed by atoms with Crippen LogP contribution in [0.4, 0.5) is 4.39 Å². The summed E-state index contributed by atoms with van der Waals surface area (Å²) in [7, 11) is 0. The molecule has 3 nitrogen and oxygen atoms in total. The lowest BCUT2D eigenvalue weighted by Gasteiger charge is -2.14. The number of hydrogen-bond donors (Lipinski definition) is 2. The Labute approximate surface area is 99.9 Å². The number of rotatable bonds is 5. The van der Waals surface area contributed by atoms with Gasteiger partial charge < -0.3 is 10.2 Å². The standard InChI is InChI=1S/C13H17FO3/c1-3-8(13(16)17)7-9-5-6-11(15)12(14)10(9)4-2/h5-6,8,15H,3-4,7H2,1-2H3,(H,16,17). The van der Waals surface area contributed by atoms with E-state index in [1.807, 2.05) is 0 Å². The van der Waals surface area contributed by atoms with Gasteiger partial charge in [-0.15, -0.1) is 0 Å². The van der Waals surface area contributed by atoms with E-state index < -0.39 is 17.7 Å². The molecule has 0 fully saturated rings. The van der Waals surface area contributed by atoms with Gasteiger partial charge in [-0.2, -0.15) is 0 Å². The van der Waals surface area contributed by atoms with E-state index in [1.54, 1.807) is 19.9 Å². The van der Waals surface area contributed by atoms with Crippen molar-refractivity contribution in [3.8, 4) is 5.75 Å². The predicted molar refractivity (Wildman–Crippen MR) is 62.6 cm³/mol. The van der Waals surface area contributed by atoms with Gasteiger partial charge in [-0.1, -0.05) is 19.9 Å². The molecule has 17 heavy (non-hydrogen) atoms. The second-order valence-corrected chi connectivity index (χ2v) is 4.04.